The number of nitrogens with one attached hydrogen (secondary N) is 2. The Balaban J connectivity index is 1.41. The number of amides is 2. The molecule has 13 nitrogen and oxygen atoms in total. The number of pyridine rings is 2. The molecule has 4 atom stereocenters. The number of methoxy groups -OCH3 is 1. The van der Waals surface area contributed by atoms with Gasteiger partial charge in [0.1, 0.15) is 17.2 Å². The molecule has 210 valence electrons. The van der Waals surface area contributed by atoms with E-state index < -0.39 is 42.3 Å². The van der Waals surface area contributed by atoms with Crippen molar-refractivity contribution in [3.63, 3.8) is 0 Å². The predicted octanol–water partition coefficient (Wildman–Crippen LogP) is 2.46. The molecular weight excluding hydrogens is 514 g/mol. The van der Waals surface area contributed by atoms with Crippen molar-refractivity contribution in [2.45, 2.75) is 63.6 Å². The highest BCUT2D eigenvalue weighted by Gasteiger charge is 2.60. The Labute approximate surface area is 235 Å². The molecule has 4 unspecified atom stereocenters. The van der Waals surface area contributed by atoms with Crippen molar-refractivity contribution in [1.29, 1.82) is 0 Å². The smallest absolute Gasteiger partial charge is 0.407 e. The molecule has 40 heavy (non-hydrogen) atoms. The Morgan fingerprint density at radius 2 is 2.10 bits per heavy atom. The molecule has 2 aliphatic rings. The highest BCUT2D eigenvalue weighted by Crippen LogP contribution is 2.50. The summed E-state index contributed by atoms with van der Waals surface area (Å²) in [5.74, 6) is 0.218. The number of aromatic nitrogens is 6. The number of carbonyl (C=O) groups is 2. The van der Waals surface area contributed by atoms with Crippen molar-refractivity contribution in [3.8, 4) is 0 Å². The van der Waals surface area contributed by atoms with Gasteiger partial charge in [0.05, 0.1) is 31.4 Å². The number of ether oxygens (including phenoxy) is 1. The van der Waals surface area contributed by atoms with Gasteiger partial charge in [-0.15, -0.1) is 0 Å². The van der Waals surface area contributed by atoms with Crippen LogP contribution in [0.5, 0.6) is 0 Å². The third kappa shape index (κ3) is 3.90. The molecule has 0 radical (unpaired) electrons. The van der Waals surface area contributed by atoms with Crippen LogP contribution in [0.4, 0.5) is 16.4 Å². The topological polar surface area (TPSA) is 164 Å². The van der Waals surface area contributed by atoms with Crippen molar-refractivity contribution in [2.24, 2.45) is 18.6 Å². The lowest BCUT2D eigenvalue weighted by atomic mass is 10.2. The number of hydrogen-bond acceptors (Lipinski definition) is 8. The number of nitrogens with zero attached hydrogens (tertiary/aromatic N) is 6. The van der Waals surface area contributed by atoms with E-state index in [1.54, 1.807) is 16.8 Å². The maximum atomic E-state index is 13.6. The fourth-order valence-corrected chi connectivity index (χ4v) is 5.84. The minimum atomic E-state index is -2.78. The van der Waals surface area contributed by atoms with Crippen LogP contribution in [0.1, 0.15) is 56.7 Å². The van der Waals surface area contributed by atoms with Gasteiger partial charge in [-0.05, 0) is 50.2 Å². The monoisotopic (exact) mass is 551 g/mol. The van der Waals surface area contributed by atoms with E-state index in [9.17, 15) is 14.4 Å². The van der Waals surface area contributed by atoms with E-state index in [-0.39, 0.29) is 30.1 Å². The van der Waals surface area contributed by atoms with E-state index in [2.05, 4.69) is 20.4 Å². The molecule has 0 aromatic carbocycles. The number of carbonyl (C=O) groups excluding carboxylic acids is 2. The van der Waals surface area contributed by atoms with E-state index in [0.29, 0.717) is 40.8 Å². The molecule has 0 aliphatic heterocycles. The van der Waals surface area contributed by atoms with E-state index in [4.69, 9.17) is 21.3 Å². The quantitative estimate of drug-likeness (QED) is 0.315. The van der Waals surface area contributed by atoms with E-state index in [1.807, 2.05) is 19.9 Å². The molecule has 2 saturated carbocycles. The average Bonchev–Trinajstić information content (AvgIpc) is 3.20. The van der Waals surface area contributed by atoms with Crippen molar-refractivity contribution in [3.05, 3.63) is 40.6 Å². The molecule has 4 heterocycles. The Kier molecular flexibility index (Phi) is 5.00. The van der Waals surface area contributed by atoms with Crippen LogP contribution in [-0.2, 0) is 28.5 Å². The lowest BCUT2D eigenvalue weighted by molar-refractivity contribution is -0.123. The van der Waals surface area contributed by atoms with Crippen LogP contribution >= 0.6 is 0 Å². The molecule has 2 amide bonds. The van der Waals surface area contributed by atoms with E-state index >= 15 is 0 Å². The number of anilines is 2. The number of alkyl carbamates (subject to hydrolysis) is 1. The molecule has 0 bridgehead atoms. The standard InChI is InChI=1S/C27H33N9O4/c1-5-18-17-8-9-21(32-23(17)36(33-18)27(24(28)37)12-14(27)2)31-22-11-19-20(13-29-22)34(3)26(39)35(19)16-7-6-15(10-16)30-25(38)40-4/h8-9,11,13-16H,5-7,10,12H2,1-4H3,(H2,28,37)(H,30,38)(H,29,31,32)/i3D3,15D. The molecular formula is C27H33N9O4. The van der Waals surface area contributed by atoms with Gasteiger partial charge in [0, 0.05) is 34.6 Å². The zero-order valence-corrected chi connectivity index (χ0v) is 22.4. The normalized spacial score (nSPS) is 27.6. The SMILES string of the molecule is [2H]C1(NC(=O)OC)CCC(n2c(=O)n(C([2H])([2H])[2H])c3cnc(Nc4ccc5c(CC)nn(C6(C(N)=O)CC6C)c5n4)cc32)C1. The largest absolute Gasteiger partial charge is 0.453 e. The van der Waals surface area contributed by atoms with Crippen LogP contribution < -0.4 is 22.1 Å². The number of primary amides is 1. The highest BCUT2D eigenvalue weighted by molar-refractivity contribution is 5.90. The summed E-state index contributed by atoms with van der Waals surface area (Å²) in [6, 6.07) is 3.21. The maximum absolute atomic E-state index is 13.6. The second kappa shape index (κ2) is 9.35. The van der Waals surface area contributed by atoms with Gasteiger partial charge in [0.25, 0.3) is 0 Å². The summed E-state index contributed by atoms with van der Waals surface area (Å²) in [4.78, 5) is 47.0. The second-order valence-corrected chi connectivity index (χ2v) is 10.5. The molecule has 4 N–H and O–H groups in total. The molecule has 2 fully saturated rings. The third-order valence-corrected chi connectivity index (χ3v) is 8.13. The Morgan fingerprint density at radius 3 is 2.77 bits per heavy atom. The van der Waals surface area contributed by atoms with E-state index in [0.717, 1.165) is 11.1 Å². The van der Waals surface area contributed by atoms with Gasteiger partial charge in [-0.3, -0.25) is 13.9 Å². The highest BCUT2D eigenvalue weighted by atomic mass is 16.5. The number of hydrogen-bond donors (Lipinski definition) is 3. The summed E-state index contributed by atoms with van der Waals surface area (Å²) < 4.78 is 41.0. The van der Waals surface area contributed by atoms with Gasteiger partial charge < -0.3 is 21.1 Å². The zero-order chi connectivity index (χ0) is 31.8. The number of imidazole rings is 1. The maximum Gasteiger partial charge on any atom is 0.407 e. The van der Waals surface area contributed by atoms with Crippen molar-refractivity contribution < 1.29 is 19.8 Å². The second-order valence-electron chi connectivity index (χ2n) is 10.5. The van der Waals surface area contributed by atoms with Crippen LogP contribution in [0.25, 0.3) is 22.1 Å². The van der Waals surface area contributed by atoms with Gasteiger partial charge >= 0.3 is 11.8 Å². The Bertz CT molecular complexity index is 1880. The summed E-state index contributed by atoms with van der Waals surface area (Å²) in [6.45, 7) is 1.13. The van der Waals surface area contributed by atoms with Gasteiger partial charge in [-0.25, -0.2) is 24.2 Å². The van der Waals surface area contributed by atoms with Crippen molar-refractivity contribution >= 4 is 45.7 Å². The van der Waals surface area contributed by atoms with Crippen molar-refractivity contribution in [2.75, 3.05) is 12.4 Å². The number of aryl methyl sites for hydroxylation is 2. The molecule has 2 aliphatic carbocycles. The molecule has 13 heteroatoms. The van der Waals surface area contributed by atoms with Gasteiger partial charge in [-0.1, -0.05) is 13.8 Å². The Morgan fingerprint density at radius 1 is 1.30 bits per heavy atom. The van der Waals surface area contributed by atoms with Crippen LogP contribution in [0.3, 0.4) is 0 Å². The number of nitrogens with two attached hydrogens (primary N) is 1. The van der Waals surface area contributed by atoms with Gasteiger partial charge in [-0.2, -0.15) is 5.10 Å². The average molecular weight is 552 g/mol. The molecule has 4 aromatic rings. The molecule has 4 aromatic heterocycles. The third-order valence-electron chi connectivity index (χ3n) is 8.13. The summed E-state index contributed by atoms with van der Waals surface area (Å²) in [7, 11) is 1.20. The lowest BCUT2D eigenvalue weighted by Crippen LogP contribution is -2.36. The predicted molar refractivity (Wildman–Crippen MR) is 148 cm³/mol. The molecule has 0 saturated heterocycles. The first-order chi connectivity index (χ1) is 20.7. The summed E-state index contributed by atoms with van der Waals surface area (Å²) >= 11 is 0. The summed E-state index contributed by atoms with van der Waals surface area (Å²) in [6.07, 6.45) is 2.39. The lowest BCUT2D eigenvalue weighted by Gasteiger charge is -2.15. The molecule has 0 spiro atoms. The molecule has 6 rings (SSSR count). The minimum absolute atomic E-state index is 0.00940. The minimum Gasteiger partial charge on any atom is -0.453 e. The fraction of sp³-hybridized carbons (Fsp3) is 0.481. The zero-order valence-electron chi connectivity index (χ0n) is 26.4. The van der Waals surface area contributed by atoms with E-state index in [1.165, 1.54) is 17.9 Å². The van der Waals surface area contributed by atoms with Crippen LogP contribution in [-0.4, -0.2) is 54.0 Å². The summed E-state index contributed by atoms with van der Waals surface area (Å²) in [5, 5.41) is 11.1. The van der Waals surface area contributed by atoms with Crippen LogP contribution in [0, 0.1) is 5.92 Å². The first-order valence-corrected chi connectivity index (χ1v) is 13.2. The van der Waals surface area contributed by atoms with Crippen molar-refractivity contribution in [1.82, 2.24) is 34.2 Å². The van der Waals surface area contributed by atoms with Crippen LogP contribution in [0.15, 0.2) is 29.2 Å². The first kappa shape index (κ1) is 21.4. The fourth-order valence-electron chi connectivity index (χ4n) is 5.84. The Hall–Kier alpha value is -4.42. The number of fused-ring (bicyclic) bond motifs is 2. The first-order valence-electron chi connectivity index (χ1n) is 15.2. The number of rotatable bonds is 7. The van der Waals surface area contributed by atoms with Gasteiger partial charge in [0.2, 0.25) is 5.91 Å². The van der Waals surface area contributed by atoms with Crippen LogP contribution in [0.2, 0.25) is 0 Å². The summed E-state index contributed by atoms with van der Waals surface area (Å²) in [5.41, 5.74) is 5.78. The van der Waals surface area contributed by atoms with Gasteiger partial charge in [0.15, 0.2) is 5.65 Å².